The van der Waals surface area contributed by atoms with Gasteiger partial charge in [-0.3, -0.25) is 14.4 Å². The Kier molecular flexibility index (Phi) is 8.56. The van der Waals surface area contributed by atoms with Crippen LogP contribution in [-0.2, 0) is 14.4 Å². The molecule has 0 spiro atoms. The topological polar surface area (TPSA) is 118 Å². The maximum Gasteiger partial charge on any atom is 0.329 e. The van der Waals surface area contributed by atoms with E-state index in [9.17, 15) is 14.4 Å². The number of nitrogens with one attached hydrogen (secondary N) is 3. The molecule has 0 aliphatic rings. The normalized spacial score (nSPS) is 10.6. The first-order valence-electron chi connectivity index (χ1n) is 9.59. The number of benzene rings is 2. The summed E-state index contributed by atoms with van der Waals surface area (Å²) >= 11 is 0. The molecule has 0 saturated carbocycles. The summed E-state index contributed by atoms with van der Waals surface area (Å²) in [5.74, 6) is -1.18. The minimum Gasteiger partial charge on any atom is -0.493 e. The number of ether oxygens (including phenoxy) is 2. The van der Waals surface area contributed by atoms with E-state index in [4.69, 9.17) is 9.47 Å². The second-order valence-electron chi connectivity index (χ2n) is 6.94. The molecular weight excluding hydrogens is 400 g/mol. The number of hydrogen-bond acceptors (Lipinski definition) is 6. The molecule has 3 amide bonds. The van der Waals surface area contributed by atoms with E-state index in [1.54, 1.807) is 32.0 Å². The Morgan fingerprint density at radius 3 is 2.39 bits per heavy atom. The van der Waals surface area contributed by atoms with Crippen LogP contribution in [0.3, 0.4) is 0 Å². The van der Waals surface area contributed by atoms with Gasteiger partial charge < -0.3 is 20.1 Å². The molecule has 0 bridgehead atoms. The molecule has 0 radical (unpaired) electrons. The number of carbonyl (C=O) groups is 3. The van der Waals surface area contributed by atoms with Crippen LogP contribution in [0, 0.1) is 6.92 Å². The highest BCUT2D eigenvalue weighted by Crippen LogP contribution is 2.27. The monoisotopic (exact) mass is 426 g/mol. The van der Waals surface area contributed by atoms with Crippen LogP contribution in [0.5, 0.6) is 11.5 Å². The van der Waals surface area contributed by atoms with Crippen LogP contribution in [0.25, 0.3) is 0 Å². The average molecular weight is 426 g/mol. The molecule has 0 fully saturated rings. The minimum atomic E-state index is -0.864. The van der Waals surface area contributed by atoms with Crippen LogP contribution in [0.2, 0.25) is 0 Å². The maximum atomic E-state index is 12.1. The molecule has 0 atom stereocenters. The first-order chi connectivity index (χ1) is 14.8. The number of nitrogens with zero attached hydrogens (tertiary/aromatic N) is 1. The van der Waals surface area contributed by atoms with Gasteiger partial charge in [-0.05, 0) is 56.7 Å². The van der Waals surface area contributed by atoms with Crippen molar-refractivity contribution < 1.29 is 23.9 Å². The highest BCUT2D eigenvalue weighted by molar-refractivity contribution is 6.35. The van der Waals surface area contributed by atoms with Crippen LogP contribution in [-0.4, -0.2) is 43.7 Å². The molecule has 0 aliphatic heterocycles. The van der Waals surface area contributed by atoms with Gasteiger partial charge in [0.05, 0.1) is 13.3 Å². The van der Waals surface area contributed by atoms with Crippen molar-refractivity contribution in [2.24, 2.45) is 5.10 Å². The lowest BCUT2D eigenvalue weighted by Crippen LogP contribution is -2.41. The Morgan fingerprint density at radius 2 is 1.74 bits per heavy atom. The molecule has 0 aliphatic carbocycles. The molecular formula is C22H26N4O5. The second-order valence-corrected chi connectivity index (χ2v) is 6.94. The Labute approximate surface area is 180 Å². The smallest absolute Gasteiger partial charge is 0.329 e. The lowest BCUT2D eigenvalue weighted by Gasteiger charge is -2.11. The van der Waals surface area contributed by atoms with E-state index in [-0.39, 0.29) is 18.6 Å². The number of carbonyl (C=O) groups excluding carboxylic acids is 3. The number of methoxy groups -OCH3 is 1. The number of hydrazone groups is 1. The van der Waals surface area contributed by atoms with Crippen LogP contribution < -0.4 is 25.5 Å². The molecule has 0 unspecified atom stereocenters. The van der Waals surface area contributed by atoms with Crippen molar-refractivity contribution in [3.05, 3.63) is 53.6 Å². The van der Waals surface area contributed by atoms with Gasteiger partial charge in [0.1, 0.15) is 0 Å². The first kappa shape index (κ1) is 23.4. The van der Waals surface area contributed by atoms with E-state index < -0.39 is 11.8 Å². The van der Waals surface area contributed by atoms with Gasteiger partial charge in [-0.15, -0.1) is 0 Å². The van der Waals surface area contributed by atoms with Gasteiger partial charge in [0.25, 0.3) is 5.91 Å². The van der Waals surface area contributed by atoms with Crippen LogP contribution >= 0.6 is 0 Å². The third-order valence-electron chi connectivity index (χ3n) is 3.89. The van der Waals surface area contributed by atoms with Gasteiger partial charge >= 0.3 is 11.8 Å². The lowest BCUT2D eigenvalue weighted by molar-refractivity contribution is -0.139. The maximum absolute atomic E-state index is 12.1. The zero-order valence-electron chi connectivity index (χ0n) is 17.9. The van der Waals surface area contributed by atoms with Gasteiger partial charge in [-0.1, -0.05) is 17.7 Å². The summed E-state index contributed by atoms with van der Waals surface area (Å²) in [7, 11) is 1.47. The van der Waals surface area contributed by atoms with E-state index in [0.29, 0.717) is 22.7 Å². The minimum absolute atomic E-state index is 0.155. The number of hydrogen-bond donors (Lipinski definition) is 3. The summed E-state index contributed by atoms with van der Waals surface area (Å²) < 4.78 is 10.8. The van der Waals surface area contributed by atoms with Crippen LogP contribution in [0.15, 0.2) is 47.6 Å². The van der Waals surface area contributed by atoms with Crippen molar-refractivity contribution in [1.29, 1.82) is 0 Å². The summed E-state index contributed by atoms with van der Waals surface area (Å²) in [5.41, 5.74) is 4.52. The molecule has 9 heteroatoms. The van der Waals surface area contributed by atoms with E-state index in [1.165, 1.54) is 13.3 Å². The Hall–Kier alpha value is -3.88. The predicted octanol–water partition coefficient (Wildman–Crippen LogP) is 2.00. The fourth-order valence-electron chi connectivity index (χ4n) is 2.40. The number of rotatable bonds is 8. The summed E-state index contributed by atoms with van der Waals surface area (Å²) in [5, 5.41) is 8.97. The fourth-order valence-corrected chi connectivity index (χ4v) is 2.40. The van der Waals surface area contributed by atoms with E-state index in [1.807, 2.05) is 31.2 Å². The highest BCUT2D eigenvalue weighted by Gasteiger charge is 2.13. The first-order valence-corrected chi connectivity index (χ1v) is 9.59. The van der Waals surface area contributed by atoms with Gasteiger partial charge in [-0.25, -0.2) is 5.43 Å². The van der Waals surface area contributed by atoms with Crippen molar-refractivity contribution in [2.45, 2.75) is 26.8 Å². The summed E-state index contributed by atoms with van der Waals surface area (Å²) in [6, 6.07) is 12.2. The van der Waals surface area contributed by atoms with E-state index in [0.717, 1.165) is 5.56 Å². The van der Waals surface area contributed by atoms with E-state index >= 15 is 0 Å². The molecule has 0 aromatic heterocycles. The standard InChI is InChI=1S/C22H26N4O5/c1-14(2)24-21(28)22(29)26-23-12-16-7-10-18(19(11-16)30-4)31-13-20(27)25-17-8-5-15(3)6-9-17/h5-12,14H,13H2,1-4H3,(H,24,28)(H,25,27)(H,26,29)/b23-12-. The molecule has 2 aromatic rings. The van der Waals surface area contributed by atoms with Crippen molar-refractivity contribution in [2.75, 3.05) is 19.0 Å². The summed E-state index contributed by atoms with van der Waals surface area (Å²) in [6.07, 6.45) is 1.36. The third kappa shape index (κ3) is 7.81. The summed E-state index contributed by atoms with van der Waals surface area (Å²) in [4.78, 5) is 35.2. The summed E-state index contributed by atoms with van der Waals surface area (Å²) in [6.45, 7) is 5.26. The van der Waals surface area contributed by atoms with Crippen molar-refractivity contribution in [3.8, 4) is 11.5 Å². The molecule has 2 rings (SSSR count). The quantitative estimate of drug-likeness (QED) is 0.339. The molecule has 164 valence electrons. The largest absolute Gasteiger partial charge is 0.493 e. The molecule has 3 N–H and O–H groups in total. The number of amides is 3. The van der Waals surface area contributed by atoms with Crippen molar-refractivity contribution >= 4 is 29.6 Å². The lowest BCUT2D eigenvalue weighted by atomic mass is 10.2. The zero-order chi connectivity index (χ0) is 22.8. The molecule has 9 nitrogen and oxygen atoms in total. The van der Waals surface area contributed by atoms with Gasteiger partial charge in [0.15, 0.2) is 18.1 Å². The molecule has 0 heterocycles. The SMILES string of the molecule is COc1cc(/C=N\NC(=O)C(=O)NC(C)C)ccc1OCC(=O)Nc1ccc(C)cc1. The van der Waals surface area contributed by atoms with Gasteiger partial charge in [0, 0.05) is 11.7 Å². The van der Waals surface area contributed by atoms with Crippen LogP contribution in [0.1, 0.15) is 25.0 Å². The Bertz CT molecular complexity index is 955. The highest BCUT2D eigenvalue weighted by atomic mass is 16.5. The van der Waals surface area contributed by atoms with Gasteiger partial charge in [0.2, 0.25) is 0 Å². The van der Waals surface area contributed by atoms with Gasteiger partial charge in [-0.2, -0.15) is 5.10 Å². The van der Waals surface area contributed by atoms with Crippen molar-refractivity contribution in [1.82, 2.24) is 10.7 Å². The number of aryl methyl sites for hydroxylation is 1. The van der Waals surface area contributed by atoms with Crippen LogP contribution in [0.4, 0.5) is 5.69 Å². The third-order valence-corrected chi connectivity index (χ3v) is 3.89. The number of anilines is 1. The molecule has 0 saturated heterocycles. The van der Waals surface area contributed by atoms with Crippen molar-refractivity contribution in [3.63, 3.8) is 0 Å². The zero-order valence-corrected chi connectivity index (χ0v) is 17.9. The fraction of sp³-hybridized carbons (Fsp3) is 0.273. The predicted molar refractivity (Wildman–Crippen MR) is 117 cm³/mol. The Balaban J connectivity index is 1.91. The second kappa shape index (κ2) is 11.3. The average Bonchev–Trinajstić information content (AvgIpc) is 2.73. The molecule has 2 aromatic carbocycles. The molecule has 31 heavy (non-hydrogen) atoms. The van der Waals surface area contributed by atoms with E-state index in [2.05, 4.69) is 21.2 Å². The Morgan fingerprint density at radius 1 is 1.03 bits per heavy atom.